The number of aliphatic hydroxyl groups is 1. The fourth-order valence-corrected chi connectivity index (χ4v) is 4.79. The summed E-state index contributed by atoms with van der Waals surface area (Å²) in [6.45, 7) is 8.73. The topological polar surface area (TPSA) is 89.1 Å². The fraction of sp³-hybridized carbons (Fsp3) is 0.269. The molecule has 3 N–H and O–H groups in total. The molecule has 6 heteroatoms. The quantitative estimate of drug-likeness (QED) is 0.586. The van der Waals surface area contributed by atoms with Gasteiger partial charge in [-0.3, -0.25) is 9.78 Å². The monoisotopic (exact) mass is 428 g/mol. The Morgan fingerprint density at radius 1 is 1.03 bits per heavy atom. The Kier molecular flexibility index (Phi) is 4.38. The highest BCUT2D eigenvalue weighted by Crippen LogP contribution is 2.43. The zero-order chi connectivity index (χ0) is 22.8. The standard InChI is InChI=1S/C26H25N3O3/c1-5-29-23-20(24(31)28-25(29)32)18(14-10-12-15(13-11-14)26(2,3)4)19-21(27-23)16-8-6-7-9-17(16)22(19)30/h6-13,18,30H,5H2,1-4H3,(H,28,31,32)/p+1. The van der Waals surface area contributed by atoms with E-state index in [2.05, 4.69) is 42.9 Å². The molecule has 2 aliphatic rings. The zero-order valence-electron chi connectivity index (χ0n) is 18.6. The van der Waals surface area contributed by atoms with Crippen LogP contribution in [0.5, 0.6) is 0 Å². The number of aromatic amines is 1. The zero-order valence-corrected chi connectivity index (χ0v) is 18.6. The molecular formula is C26H26N3O3+. The van der Waals surface area contributed by atoms with Crippen LogP contribution in [0.15, 0.2) is 63.7 Å². The van der Waals surface area contributed by atoms with Crippen molar-refractivity contribution in [3.63, 3.8) is 0 Å². The van der Waals surface area contributed by atoms with Crippen molar-refractivity contribution in [2.24, 2.45) is 0 Å². The third-order valence-corrected chi connectivity index (χ3v) is 6.46. The predicted molar refractivity (Wildman–Crippen MR) is 125 cm³/mol. The smallest absolute Gasteiger partial charge is 0.415 e. The lowest BCUT2D eigenvalue weighted by Gasteiger charge is -2.25. The first kappa shape index (κ1) is 20.2. The van der Waals surface area contributed by atoms with Gasteiger partial charge >= 0.3 is 5.69 Å². The van der Waals surface area contributed by atoms with E-state index in [0.717, 1.165) is 22.4 Å². The number of aromatic nitrogens is 2. The molecule has 2 heterocycles. The summed E-state index contributed by atoms with van der Waals surface area (Å²) in [6.07, 6.45) is 0. The van der Waals surface area contributed by atoms with Gasteiger partial charge in [0.25, 0.3) is 11.4 Å². The first-order chi connectivity index (χ1) is 15.2. The van der Waals surface area contributed by atoms with Crippen molar-refractivity contribution < 1.29 is 10.1 Å². The Morgan fingerprint density at radius 3 is 2.31 bits per heavy atom. The molecule has 5 rings (SSSR count). The Labute approximate surface area is 185 Å². The van der Waals surface area contributed by atoms with E-state index in [9.17, 15) is 14.7 Å². The molecule has 3 aromatic rings. The van der Waals surface area contributed by atoms with Crippen LogP contribution >= 0.6 is 0 Å². The first-order valence-corrected chi connectivity index (χ1v) is 10.9. The third-order valence-electron chi connectivity index (χ3n) is 6.46. The number of allylic oxidation sites excluding steroid dienone is 1. The summed E-state index contributed by atoms with van der Waals surface area (Å²) >= 11 is 0. The van der Waals surface area contributed by atoms with Gasteiger partial charge in [-0.2, -0.15) is 4.57 Å². The normalized spacial score (nSPS) is 17.0. The molecule has 6 nitrogen and oxygen atoms in total. The number of hydrogen-bond donors (Lipinski definition) is 3. The van der Waals surface area contributed by atoms with Crippen molar-refractivity contribution in [2.45, 2.75) is 45.6 Å². The minimum atomic E-state index is -0.509. The maximum absolute atomic E-state index is 13.1. The molecule has 0 saturated heterocycles. The van der Waals surface area contributed by atoms with E-state index in [1.807, 2.05) is 43.3 Å². The highest BCUT2D eigenvalue weighted by atomic mass is 16.3. The fourth-order valence-electron chi connectivity index (χ4n) is 4.79. The first-order valence-electron chi connectivity index (χ1n) is 10.9. The highest BCUT2D eigenvalue weighted by Gasteiger charge is 2.44. The van der Waals surface area contributed by atoms with Crippen molar-refractivity contribution in [1.29, 1.82) is 0 Å². The summed E-state index contributed by atoms with van der Waals surface area (Å²) < 4.78 is 1.54. The summed E-state index contributed by atoms with van der Waals surface area (Å²) in [5.74, 6) is 0.131. The van der Waals surface area contributed by atoms with Crippen LogP contribution in [0.4, 0.5) is 5.82 Å². The second-order valence-electron chi connectivity index (χ2n) is 9.38. The summed E-state index contributed by atoms with van der Waals surface area (Å²) in [5, 5.41) is 11.2. The number of hydrogen-bond acceptors (Lipinski definition) is 3. The summed E-state index contributed by atoms with van der Waals surface area (Å²) in [5.41, 5.74) is 4.58. The second kappa shape index (κ2) is 6.92. The number of nitrogens with one attached hydrogen (secondary N) is 2. The van der Waals surface area contributed by atoms with Gasteiger partial charge in [-0.15, -0.1) is 0 Å². The van der Waals surface area contributed by atoms with Crippen LogP contribution in [-0.4, -0.2) is 20.4 Å². The third kappa shape index (κ3) is 2.83. The van der Waals surface area contributed by atoms with Crippen molar-refractivity contribution in [3.8, 4) is 0 Å². The largest absolute Gasteiger partial charge is 0.507 e. The lowest BCUT2D eigenvalue weighted by Crippen LogP contribution is -2.72. The molecule has 0 spiro atoms. The molecule has 32 heavy (non-hydrogen) atoms. The van der Waals surface area contributed by atoms with Gasteiger partial charge in [0.1, 0.15) is 17.0 Å². The van der Waals surface area contributed by atoms with Crippen LogP contribution in [0.25, 0.3) is 5.76 Å². The van der Waals surface area contributed by atoms with Gasteiger partial charge < -0.3 is 5.11 Å². The minimum absolute atomic E-state index is 0.00694. The lowest BCUT2D eigenvalue weighted by atomic mass is 9.79. The molecule has 0 bridgehead atoms. The maximum atomic E-state index is 13.1. The van der Waals surface area contributed by atoms with E-state index in [-0.39, 0.29) is 11.2 Å². The van der Waals surface area contributed by atoms with Crippen molar-refractivity contribution in [1.82, 2.24) is 9.55 Å². The van der Waals surface area contributed by atoms with Gasteiger partial charge in [0.05, 0.1) is 18.0 Å². The van der Waals surface area contributed by atoms with Gasteiger partial charge in [-0.25, -0.2) is 9.79 Å². The average Bonchev–Trinajstić information content (AvgIpc) is 3.04. The van der Waals surface area contributed by atoms with E-state index in [0.29, 0.717) is 23.5 Å². The van der Waals surface area contributed by atoms with Gasteiger partial charge in [-0.1, -0.05) is 63.2 Å². The SMILES string of the molecule is CCn1c2c(c(=O)[nH]c1=O)C(c1ccc(C(C)(C)C)cc1)C1=C(O)c3ccccc3C1=[NH+]2. The van der Waals surface area contributed by atoms with E-state index < -0.39 is 17.2 Å². The Hall–Kier alpha value is -3.67. The molecule has 1 aromatic heterocycles. The number of fused-ring (bicyclic) bond motifs is 4. The molecule has 0 fully saturated rings. The van der Waals surface area contributed by atoms with Crippen molar-refractivity contribution >= 4 is 17.3 Å². The molecule has 1 aliphatic carbocycles. The summed E-state index contributed by atoms with van der Waals surface area (Å²) in [4.78, 5) is 31.4. The van der Waals surface area contributed by atoms with E-state index in [1.165, 1.54) is 10.1 Å². The van der Waals surface area contributed by atoms with Gasteiger partial charge in [0.2, 0.25) is 0 Å². The number of nitrogens with zero attached hydrogens (tertiary/aromatic N) is 1. The Bertz CT molecular complexity index is 1430. The summed E-state index contributed by atoms with van der Waals surface area (Å²) in [6, 6.07) is 15.8. The van der Waals surface area contributed by atoms with E-state index in [4.69, 9.17) is 0 Å². The Morgan fingerprint density at radius 2 is 1.69 bits per heavy atom. The second-order valence-corrected chi connectivity index (χ2v) is 9.38. The van der Waals surface area contributed by atoms with Gasteiger partial charge in [0.15, 0.2) is 0 Å². The highest BCUT2D eigenvalue weighted by molar-refractivity contribution is 6.21. The molecule has 1 atom stereocenters. The minimum Gasteiger partial charge on any atom is -0.507 e. The molecule has 0 saturated carbocycles. The molecule has 1 aliphatic heterocycles. The number of H-pyrrole nitrogens is 1. The molecule has 162 valence electrons. The number of benzene rings is 2. The van der Waals surface area contributed by atoms with Crippen molar-refractivity contribution in [3.05, 3.63) is 103 Å². The molecular weight excluding hydrogens is 402 g/mol. The van der Waals surface area contributed by atoms with Crippen LogP contribution in [0, 0.1) is 0 Å². The van der Waals surface area contributed by atoms with Crippen LogP contribution in [-0.2, 0) is 12.0 Å². The Balaban J connectivity index is 1.85. The average molecular weight is 429 g/mol. The van der Waals surface area contributed by atoms with Gasteiger partial charge in [-0.05, 0) is 29.5 Å². The molecule has 1 unspecified atom stereocenters. The lowest BCUT2D eigenvalue weighted by molar-refractivity contribution is -0.364. The van der Waals surface area contributed by atoms with E-state index >= 15 is 0 Å². The maximum Gasteiger partial charge on any atom is 0.415 e. The molecule has 0 radical (unpaired) electrons. The van der Waals surface area contributed by atoms with Crippen LogP contribution < -0.4 is 16.2 Å². The van der Waals surface area contributed by atoms with E-state index in [1.54, 1.807) is 0 Å². The molecule has 0 amide bonds. The number of rotatable bonds is 2. The van der Waals surface area contributed by atoms with Crippen LogP contribution in [0.1, 0.15) is 61.4 Å². The van der Waals surface area contributed by atoms with Gasteiger partial charge in [0, 0.05) is 11.1 Å². The number of aliphatic hydroxyl groups excluding tert-OH is 1. The summed E-state index contributed by atoms with van der Waals surface area (Å²) in [7, 11) is 0. The van der Waals surface area contributed by atoms with Crippen LogP contribution in [0.2, 0.25) is 0 Å². The van der Waals surface area contributed by atoms with Crippen LogP contribution in [0.3, 0.4) is 0 Å². The predicted octanol–water partition coefficient (Wildman–Crippen LogP) is 2.48. The van der Waals surface area contributed by atoms with Crippen molar-refractivity contribution in [2.75, 3.05) is 0 Å². The molecule has 2 aromatic carbocycles.